The second kappa shape index (κ2) is 9.03. The van der Waals surface area contributed by atoms with Gasteiger partial charge in [0.25, 0.3) is 5.91 Å². The number of carbonyl (C=O) groups excluding carboxylic acids is 1. The maximum atomic E-state index is 12.6. The first-order valence-corrected chi connectivity index (χ1v) is 9.38. The predicted molar refractivity (Wildman–Crippen MR) is 102 cm³/mol. The molecule has 0 atom stereocenters. The number of rotatable bonds is 7. The van der Waals surface area contributed by atoms with Crippen LogP contribution in [0.3, 0.4) is 0 Å². The van der Waals surface area contributed by atoms with Gasteiger partial charge in [-0.15, -0.1) is 11.3 Å². The molecule has 146 valence electrons. The molecule has 8 nitrogen and oxygen atoms in total. The van der Waals surface area contributed by atoms with Gasteiger partial charge in [0, 0.05) is 36.3 Å². The lowest BCUT2D eigenvalue weighted by Crippen LogP contribution is -2.35. The highest BCUT2D eigenvalue weighted by molar-refractivity contribution is 7.09. The van der Waals surface area contributed by atoms with Crippen LogP contribution in [0, 0.1) is 0 Å². The third-order valence-electron chi connectivity index (χ3n) is 4.17. The van der Waals surface area contributed by atoms with E-state index < -0.39 is 0 Å². The maximum absolute atomic E-state index is 12.6. The van der Waals surface area contributed by atoms with Gasteiger partial charge >= 0.3 is 0 Å². The average Bonchev–Trinajstić information content (AvgIpc) is 3.16. The summed E-state index contributed by atoms with van der Waals surface area (Å²) in [5, 5.41) is 5.51. The van der Waals surface area contributed by atoms with Gasteiger partial charge in [-0.05, 0) is 0 Å². The molecule has 2 heterocycles. The molecule has 1 fully saturated rings. The van der Waals surface area contributed by atoms with Gasteiger partial charge in [0.1, 0.15) is 10.7 Å². The minimum atomic E-state index is -0.284. The third-order valence-corrected chi connectivity index (χ3v) is 5.00. The molecule has 0 radical (unpaired) electrons. The molecule has 1 aromatic carbocycles. The van der Waals surface area contributed by atoms with Crippen molar-refractivity contribution in [3.63, 3.8) is 0 Å². The summed E-state index contributed by atoms with van der Waals surface area (Å²) in [5.74, 6) is 1.13. The Morgan fingerprint density at radius 1 is 1.19 bits per heavy atom. The summed E-state index contributed by atoms with van der Waals surface area (Å²) in [5.41, 5.74) is 0.925. The normalized spacial score (nSPS) is 14.6. The average molecular weight is 393 g/mol. The van der Waals surface area contributed by atoms with Gasteiger partial charge in [0.15, 0.2) is 11.5 Å². The van der Waals surface area contributed by atoms with Crippen molar-refractivity contribution in [2.45, 2.75) is 6.54 Å². The Morgan fingerprint density at radius 2 is 1.85 bits per heavy atom. The Kier molecular flexibility index (Phi) is 6.49. The van der Waals surface area contributed by atoms with Crippen LogP contribution in [0.4, 0.5) is 5.69 Å². The van der Waals surface area contributed by atoms with E-state index in [1.54, 1.807) is 17.5 Å². The zero-order chi connectivity index (χ0) is 19.2. The molecular formula is C18H23N3O5S. The number of morpholine rings is 1. The Bertz CT molecular complexity index is 764. The SMILES string of the molecule is COc1cc(NC(=O)c2csc(CN3CCOCC3)n2)cc(OC)c1OC. The Morgan fingerprint density at radius 3 is 2.44 bits per heavy atom. The summed E-state index contributed by atoms with van der Waals surface area (Å²) < 4.78 is 21.3. The first-order valence-electron chi connectivity index (χ1n) is 8.50. The highest BCUT2D eigenvalue weighted by Crippen LogP contribution is 2.40. The Hall–Kier alpha value is -2.36. The first kappa shape index (κ1) is 19.4. The number of aromatic nitrogens is 1. The highest BCUT2D eigenvalue weighted by atomic mass is 32.1. The fraction of sp³-hybridized carbons (Fsp3) is 0.444. The quantitative estimate of drug-likeness (QED) is 0.773. The van der Waals surface area contributed by atoms with Gasteiger partial charge in [-0.3, -0.25) is 9.69 Å². The van der Waals surface area contributed by atoms with E-state index in [0.717, 1.165) is 37.9 Å². The van der Waals surface area contributed by atoms with Crippen LogP contribution in [-0.4, -0.2) is 63.4 Å². The number of ether oxygens (including phenoxy) is 4. The van der Waals surface area contributed by atoms with E-state index in [1.807, 2.05) is 0 Å². The third kappa shape index (κ3) is 4.68. The van der Waals surface area contributed by atoms with Crippen molar-refractivity contribution >= 4 is 22.9 Å². The van der Waals surface area contributed by atoms with Crippen molar-refractivity contribution in [1.29, 1.82) is 0 Å². The molecule has 0 unspecified atom stereocenters. The molecule has 0 bridgehead atoms. The van der Waals surface area contributed by atoms with E-state index in [1.165, 1.54) is 32.7 Å². The van der Waals surface area contributed by atoms with Crippen molar-refractivity contribution in [3.05, 3.63) is 28.2 Å². The molecule has 27 heavy (non-hydrogen) atoms. The molecule has 1 aliphatic rings. The van der Waals surface area contributed by atoms with Gasteiger partial charge in [-0.25, -0.2) is 4.98 Å². The number of hydrogen-bond acceptors (Lipinski definition) is 8. The van der Waals surface area contributed by atoms with Crippen molar-refractivity contribution in [2.75, 3.05) is 52.9 Å². The maximum Gasteiger partial charge on any atom is 0.275 e. The summed E-state index contributed by atoms with van der Waals surface area (Å²) >= 11 is 1.48. The van der Waals surface area contributed by atoms with E-state index in [9.17, 15) is 4.79 Å². The fourth-order valence-electron chi connectivity index (χ4n) is 2.79. The molecule has 3 rings (SSSR count). The molecule has 1 N–H and O–H groups in total. The van der Waals surface area contributed by atoms with Crippen molar-refractivity contribution in [3.8, 4) is 17.2 Å². The second-order valence-corrected chi connectivity index (χ2v) is 6.83. The van der Waals surface area contributed by atoms with Crippen molar-refractivity contribution in [2.24, 2.45) is 0 Å². The van der Waals surface area contributed by atoms with Crippen molar-refractivity contribution < 1.29 is 23.7 Å². The summed E-state index contributed by atoms with van der Waals surface area (Å²) in [7, 11) is 4.59. The van der Waals surface area contributed by atoms with Crippen LogP contribution in [0.5, 0.6) is 17.2 Å². The number of anilines is 1. The smallest absolute Gasteiger partial charge is 0.275 e. The Balaban J connectivity index is 1.70. The van der Waals surface area contributed by atoms with Gasteiger partial charge < -0.3 is 24.3 Å². The first-order chi connectivity index (χ1) is 13.1. The van der Waals surface area contributed by atoms with Gasteiger partial charge in [-0.2, -0.15) is 0 Å². The summed E-state index contributed by atoms with van der Waals surface area (Å²) in [6.07, 6.45) is 0. The summed E-state index contributed by atoms with van der Waals surface area (Å²) in [6.45, 7) is 3.96. The minimum absolute atomic E-state index is 0.284. The number of hydrogen-bond donors (Lipinski definition) is 1. The topological polar surface area (TPSA) is 82.2 Å². The molecule has 2 aromatic rings. The highest BCUT2D eigenvalue weighted by Gasteiger charge is 2.18. The van der Waals surface area contributed by atoms with Gasteiger partial charge in [-0.1, -0.05) is 0 Å². The molecule has 0 aliphatic carbocycles. The summed E-state index contributed by atoms with van der Waals surface area (Å²) in [4.78, 5) is 19.3. The lowest BCUT2D eigenvalue weighted by atomic mass is 10.2. The second-order valence-electron chi connectivity index (χ2n) is 5.88. The lowest BCUT2D eigenvalue weighted by Gasteiger charge is -2.25. The fourth-order valence-corrected chi connectivity index (χ4v) is 3.60. The van der Waals surface area contributed by atoms with Crippen molar-refractivity contribution in [1.82, 2.24) is 9.88 Å². The van der Waals surface area contributed by atoms with E-state index in [0.29, 0.717) is 28.6 Å². The standard InChI is InChI=1S/C18H23N3O5S/c1-23-14-8-12(9-15(24-2)17(14)25-3)19-18(22)13-11-27-16(20-13)10-21-4-6-26-7-5-21/h8-9,11H,4-7,10H2,1-3H3,(H,19,22). The number of carbonyl (C=O) groups is 1. The van der Waals surface area contributed by atoms with E-state index >= 15 is 0 Å². The number of thiazole rings is 1. The van der Waals surface area contributed by atoms with Crippen LogP contribution in [0.15, 0.2) is 17.5 Å². The lowest BCUT2D eigenvalue weighted by molar-refractivity contribution is 0.0341. The van der Waals surface area contributed by atoms with Gasteiger partial charge in [0.2, 0.25) is 5.75 Å². The predicted octanol–water partition coefficient (Wildman–Crippen LogP) is 2.25. The van der Waals surface area contributed by atoms with Crippen LogP contribution in [0.2, 0.25) is 0 Å². The number of nitrogens with one attached hydrogen (secondary N) is 1. The van der Waals surface area contributed by atoms with E-state index in [-0.39, 0.29) is 5.91 Å². The van der Waals surface area contributed by atoms with Crippen LogP contribution in [0.1, 0.15) is 15.5 Å². The number of nitrogens with zero attached hydrogens (tertiary/aromatic N) is 2. The van der Waals surface area contributed by atoms with Crippen LogP contribution in [0.25, 0.3) is 0 Å². The van der Waals surface area contributed by atoms with E-state index in [2.05, 4.69) is 15.2 Å². The zero-order valence-electron chi connectivity index (χ0n) is 15.6. The molecule has 1 saturated heterocycles. The number of methoxy groups -OCH3 is 3. The molecule has 1 aliphatic heterocycles. The van der Waals surface area contributed by atoms with E-state index in [4.69, 9.17) is 18.9 Å². The summed E-state index contributed by atoms with van der Waals surface area (Å²) in [6, 6.07) is 3.36. The van der Waals surface area contributed by atoms with Gasteiger partial charge in [0.05, 0.1) is 41.1 Å². The minimum Gasteiger partial charge on any atom is -0.493 e. The molecular weight excluding hydrogens is 370 g/mol. The molecule has 0 saturated carbocycles. The zero-order valence-corrected chi connectivity index (χ0v) is 16.4. The monoisotopic (exact) mass is 393 g/mol. The molecule has 0 spiro atoms. The van der Waals surface area contributed by atoms with Crippen LogP contribution >= 0.6 is 11.3 Å². The molecule has 1 amide bonds. The number of amides is 1. The molecule has 9 heteroatoms. The number of benzene rings is 1. The van der Waals surface area contributed by atoms with Crippen LogP contribution < -0.4 is 19.5 Å². The Labute approximate surface area is 162 Å². The molecule has 1 aromatic heterocycles. The largest absolute Gasteiger partial charge is 0.493 e. The van der Waals surface area contributed by atoms with Crippen LogP contribution in [-0.2, 0) is 11.3 Å².